The molecule has 0 aliphatic carbocycles. The van der Waals surface area contributed by atoms with E-state index in [1.165, 1.54) is 0 Å². The molecule has 29 heavy (non-hydrogen) atoms. The number of benzene rings is 2. The lowest BCUT2D eigenvalue weighted by atomic mass is 10.1. The van der Waals surface area contributed by atoms with Crippen molar-refractivity contribution in [2.24, 2.45) is 0 Å². The van der Waals surface area contributed by atoms with Gasteiger partial charge in [0.25, 0.3) is 0 Å². The van der Waals surface area contributed by atoms with Gasteiger partial charge in [-0.3, -0.25) is 9.10 Å². The van der Waals surface area contributed by atoms with Crippen molar-refractivity contribution in [2.45, 2.75) is 32.8 Å². The highest BCUT2D eigenvalue weighted by molar-refractivity contribution is 9.10. The lowest BCUT2D eigenvalue weighted by Crippen LogP contribution is -2.40. The summed E-state index contributed by atoms with van der Waals surface area (Å²) in [4.78, 5) is 12.3. The van der Waals surface area contributed by atoms with E-state index in [0.29, 0.717) is 12.2 Å². The first kappa shape index (κ1) is 23.2. The third-order valence-electron chi connectivity index (χ3n) is 4.04. The summed E-state index contributed by atoms with van der Waals surface area (Å²) < 4.78 is 31.7. The topological polar surface area (TPSA) is 75.7 Å². The van der Waals surface area contributed by atoms with Crippen molar-refractivity contribution in [1.29, 1.82) is 0 Å². The Morgan fingerprint density at radius 1 is 1.17 bits per heavy atom. The number of sulfonamides is 1. The molecule has 158 valence electrons. The highest BCUT2D eigenvalue weighted by Gasteiger charge is 2.20. The zero-order valence-corrected chi connectivity index (χ0v) is 19.3. The van der Waals surface area contributed by atoms with Crippen LogP contribution in [-0.2, 0) is 21.2 Å². The number of hydrogen-bond donors (Lipinski definition) is 1. The van der Waals surface area contributed by atoms with Crippen LogP contribution in [0.2, 0.25) is 0 Å². The molecule has 8 heteroatoms. The quantitative estimate of drug-likeness (QED) is 0.523. The van der Waals surface area contributed by atoms with Crippen molar-refractivity contribution in [3.8, 4) is 5.75 Å². The van der Waals surface area contributed by atoms with Gasteiger partial charge in [0.1, 0.15) is 12.3 Å². The minimum absolute atomic E-state index is 0.138. The van der Waals surface area contributed by atoms with Crippen LogP contribution in [0.3, 0.4) is 0 Å². The normalized spacial score (nSPS) is 11.3. The maximum atomic E-state index is 12.3. The molecule has 0 atom stereocenters. The predicted molar refractivity (Wildman–Crippen MR) is 120 cm³/mol. The number of rotatable bonds is 10. The number of ether oxygens (including phenoxy) is 1. The highest BCUT2D eigenvalue weighted by atomic mass is 79.9. The summed E-state index contributed by atoms with van der Waals surface area (Å²) in [5.41, 5.74) is 1.60. The lowest BCUT2D eigenvalue weighted by molar-refractivity contribution is -0.119. The summed E-state index contributed by atoms with van der Waals surface area (Å²) in [5.74, 6) is 0.501. The molecule has 2 rings (SSSR count). The largest absolute Gasteiger partial charge is 0.491 e. The fraction of sp³-hybridized carbons (Fsp3) is 0.381. The Morgan fingerprint density at radius 3 is 2.45 bits per heavy atom. The molecular weight excluding hydrogens is 456 g/mol. The van der Waals surface area contributed by atoms with Crippen molar-refractivity contribution in [1.82, 2.24) is 5.32 Å². The molecule has 0 radical (unpaired) electrons. The van der Waals surface area contributed by atoms with Crippen LogP contribution in [0, 0.1) is 0 Å². The molecule has 0 heterocycles. The summed E-state index contributed by atoms with van der Waals surface area (Å²) >= 11 is 3.32. The fourth-order valence-corrected chi connectivity index (χ4v) is 3.98. The van der Waals surface area contributed by atoms with Crippen LogP contribution >= 0.6 is 15.9 Å². The molecule has 0 aliphatic rings. The summed E-state index contributed by atoms with van der Waals surface area (Å²) in [6.45, 7) is 4.19. The van der Waals surface area contributed by atoms with Crippen LogP contribution in [0.25, 0.3) is 0 Å². The molecule has 0 saturated carbocycles. The molecule has 0 spiro atoms. The van der Waals surface area contributed by atoms with E-state index in [-0.39, 0.29) is 18.6 Å². The molecule has 0 unspecified atom stereocenters. The minimum Gasteiger partial charge on any atom is -0.491 e. The Hall–Kier alpha value is -2.06. The summed E-state index contributed by atoms with van der Waals surface area (Å²) in [6.07, 6.45) is 2.79. The number of amides is 1. The smallest absolute Gasteiger partial charge is 0.240 e. The molecule has 0 fully saturated rings. The van der Waals surface area contributed by atoms with Gasteiger partial charge in [-0.1, -0.05) is 34.1 Å². The van der Waals surface area contributed by atoms with E-state index < -0.39 is 10.0 Å². The number of aryl methyl sites for hydroxylation is 1. The number of nitrogens with zero attached hydrogens (tertiary/aromatic N) is 1. The van der Waals surface area contributed by atoms with Gasteiger partial charge in [0.2, 0.25) is 15.9 Å². The number of anilines is 1. The summed E-state index contributed by atoms with van der Waals surface area (Å²) in [6, 6.07) is 14.8. The maximum absolute atomic E-state index is 12.3. The van der Waals surface area contributed by atoms with Crippen molar-refractivity contribution in [3.63, 3.8) is 0 Å². The van der Waals surface area contributed by atoms with Crippen LogP contribution in [0.15, 0.2) is 53.0 Å². The average Bonchev–Trinajstić information content (AvgIpc) is 2.63. The highest BCUT2D eigenvalue weighted by Crippen LogP contribution is 2.22. The minimum atomic E-state index is -3.58. The van der Waals surface area contributed by atoms with E-state index in [4.69, 9.17) is 4.74 Å². The molecule has 2 aromatic carbocycles. The van der Waals surface area contributed by atoms with Gasteiger partial charge in [0, 0.05) is 11.0 Å². The molecule has 6 nitrogen and oxygen atoms in total. The Kier molecular flexibility index (Phi) is 8.52. The lowest BCUT2D eigenvalue weighted by Gasteiger charge is -2.22. The Balaban J connectivity index is 1.83. The van der Waals surface area contributed by atoms with Gasteiger partial charge in [0.15, 0.2) is 0 Å². The van der Waals surface area contributed by atoms with Crippen molar-refractivity contribution in [2.75, 3.05) is 23.7 Å². The van der Waals surface area contributed by atoms with Crippen molar-refractivity contribution >= 4 is 37.5 Å². The van der Waals surface area contributed by atoms with Gasteiger partial charge in [0.05, 0.1) is 18.0 Å². The van der Waals surface area contributed by atoms with Gasteiger partial charge in [-0.25, -0.2) is 8.42 Å². The zero-order valence-electron chi connectivity index (χ0n) is 16.9. The van der Waals surface area contributed by atoms with Crippen LogP contribution in [-0.4, -0.2) is 39.8 Å². The van der Waals surface area contributed by atoms with Crippen LogP contribution in [0.4, 0.5) is 5.69 Å². The van der Waals surface area contributed by atoms with Gasteiger partial charge < -0.3 is 10.1 Å². The predicted octanol–water partition coefficient (Wildman–Crippen LogP) is 3.75. The standard InChI is InChI=1S/C21H27BrN2O4S/c1-16(2)28-20-11-9-17(10-12-20)6-5-13-23-21(25)15-24(29(3,26)27)19-8-4-7-18(22)14-19/h4,7-12,14,16H,5-6,13,15H2,1-3H3,(H,23,25). The van der Waals surface area contributed by atoms with E-state index in [2.05, 4.69) is 21.2 Å². The molecule has 0 aliphatic heterocycles. The van der Waals surface area contributed by atoms with E-state index >= 15 is 0 Å². The van der Waals surface area contributed by atoms with Crippen molar-refractivity contribution < 1.29 is 17.9 Å². The third kappa shape index (κ3) is 8.06. The molecule has 1 N–H and O–H groups in total. The number of carbonyl (C=O) groups is 1. The first-order valence-electron chi connectivity index (χ1n) is 9.41. The molecule has 1 amide bonds. The average molecular weight is 483 g/mol. The van der Waals surface area contributed by atoms with Crippen LogP contribution < -0.4 is 14.4 Å². The monoisotopic (exact) mass is 482 g/mol. The Labute approximate surface area is 181 Å². The summed E-state index contributed by atoms with van der Waals surface area (Å²) in [5, 5.41) is 2.80. The Bertz CT molecular complexity index is 915. The molecule has 0 bridgehead atoms. The number of hydrogen-bond acceptors (Lipinski definition) is 4. The van der Waals surface area contributed by atoms with Gasteiger partial charge in [-0.15, -0.1) is 0 Å². The van der Waals surface area contributed by atoms with E-state index in [0.717, 1.165) is 39.2 Å². The van der Waals surface area contributed by atoms with Gasteiger partial charge in [-0.2, -0.15) is 0 Å². The van der Waals surface area contributed by atoms with Crippen molar-refractivity contribution in [3.05, 3.63) is 58.6 Å². The van der Waals surface area contributed by atoms with Crippen LogP contribution in [0.5, 0.6) is 5.75 Å². The third-order valence-corrected chi connectivity index (χ3v) is 5.68. The molecule has 0 saturated heterocycles. The Morgan fingerprint density at radius 2 is 1.86 bits per heavy atom. The zero-order chi connectivity index (χ0) is 21.4. The number of carbonyl (C=O) groups excluding carboxylic acids is 1. The molecule has 0 aromatic heterocycles. The van der Waals surface area contributed by atoms with E-state index in [9.17, 15) is 13.2 Å². The summed E-state index contributed by atoms with van der Waals surface area (Å²) in [7, 11) is -3.58. The second kappa shape index (κ2) is 10.6. The van der Waals surface area contributed by atoms with Gasteiger partial charge >= 0.3 is 0 Å². The van der Waals surface area contributed by atoms with Crippen LogP contribution in [0.1, 0.15) is 25.8 Å². The molecular formula is C21H27BrN2O4S. The van der Waals surface area contributed by atoms with E-state index in [1.54, 1.807) is 24.3 Å². The first-order chi connectivity index (χ1) is 13.6. The van der Waals surface area contributed by atoms with E-state index in [1.807, 2.05) is 38.1 Å². The van der Waals surface area contributed by atoms with Gasteiger partial charge in [-0.05, 0) is 62.6 Å². The number of halogens is 1. The maximum Gasteiger partial charge on any atom is 0.240 e. The fourth-order valence-electron chi connectivity index (χ4n) is 2.74. The molecule has 2 aromatic rings. The SMILES string of the molecule is CC(C)Oc1ccc(CCCNC(=O)CN(c2cccc(Br)c2)S(C)(=O)=O)cc1. The number of nitrogens with one attached hydrogen (secondary N) is 1. The first-order valence-corrected chi connectivity index (χ1v) is 12.0. The second-order valence-electron chi connectivity index (χ2n) is 7.01. The second-order valence-corrected chi connectivity index (χ2v) is 9.84.